The minimum Gasteiger partial charge on any atom is -0.465 e. The quantitative estimate of drug-likeness (QED) is 0.798. The Labute approximate surface area is 85.7 Å². The van der Waals surface area contributed by atoms with Gasteiger partial charge in [-0.05, 0) is 37.3 Å². The molecule has 0 bridgehead atoms. The second-order valence-electron chi connectivity index (χ2n) is 4.97. The molecule has 1 atom stereocenters. The molecular weight excluding hydrogens is 174 g/mol. The van der Waals surface area contributed by atoms with Gasteiger partial charge in [0.2, 0.25) is 0 Å². The van der Waals surface area contributed by atoms with Crippen molar-refractivity contribution in [1.29, 1.82) is 0 Å². The molecule has 0 spiro atoms. The van der Waals surface area contributed by atoms with Crippen molar-refractivity contribution in [2.45, 2.75) is 46.2 Å². The van der Waals surface area contributed by atoms with E-state index in [0.717, 1.165) is 18.1 Å². The highest BCUT2D eigenvalue weighted by Crippen LogP contribution is 2.39. The number of furan rings is 1. The minimum absolute atomic E-state index is 0.474. The van der Waals surface area contributed by atoms with Crippen LogP contribution in [0.5, 0.6) is 0 Å². The molecule has 0 saturated heterocycles. The van der Waals surface area contributed by atoms with E-state index in [2.05, 4.69) is 19.2 Å². The van der Waals surface area contributed by atoms with Crippen LogP contribution >= 0.6 is 0 Å². The zero-order valence-electron chi connectivity index (χ0n) is 9.26. The highest BCUT2D eigenvalue weighted by Gasteiger charge is 2.37. The molecule has 0 radical (unpaired) electrons. The molecule has 1 fully saturated rings. The van der Waals surface area contributed by atoms with Gasteiger partial charge in [0.15, 0.2) is 0 Å². The van der Waals surface area contributed by atoms with Gasteiger partial charge in [-0.1, -0.05) is 13.8 Å². The lowest BCUT2D eigenvalue weighted by molar-refractivity contribution is 0.106. The van der Waals surface area contributed by atoms with Gasteiger partial charge < -0.3 is 9.73 Å². The molecule has 0 amide bonds. The highest BCUT2D eigenvalue weighted by atomic mass is 16.3. The normalized spacial score (nSPS) is 24.6. The monoisotopic (exact) mass is 193 g/mol. The van der Waals surface area contributed by atoms with Crippen molar-refractivity contribution in [3.63, 3.8) is 0 Å². The van der Waals surface area contributed by atoms with Crippen LogP contribution in [0.1, 0.15) is 38.2 Å². The van der Waals surface area contributed by atoms with Gasteiger partial charge in [-0.2, -0.15) is 0 Å². The predicted octanol–water partition coefficient (Wildman–Crippen LogP) is 2.87. The van der Waals surface area contributed by atoms with Gasteiger partial charge in [-0.15, -0.1) is 0 Å². The van der Waals surface area contributed by atoms with E-state index in [0.29, 0.717) is 11.5 Å². The molecule has 1 aliphatic carbocycles. The first-order valence-corrected chi connectivity index (χ1v) is 5.37. The molecule has 2 nitrogen and oxygen atoms in total. The van der Waals surface area contributed by atoms with E-state index in [1.807, 2.05) is 19.1 Å². The summed E-state index contributed by atoms with van der Waals surface area (Å²) < 4.78 is 5.51. The molecule has 1 aromatic heterocycles. The van der Waals surface area contributed by atoms with Crippen molar-refractivity contribution >= 4 is 0 Å². The fraction of sp³-hybridized carbons (Fsp3) is 0.667. The molecule has 2 rings (SSSR count). The fourth-order valence-electron chi connectivity index (χ4n) is 2.05. The number of hydrogen-bond donors (Lipinski definition) is 1. The SMILES string of the molecule is Cc1ccc(CNC2CCC2(C)C)o1. The summed E-state index contributed by atoms with van der Waals surface area (Å²) in [5.41, 5.74) is 0.474. The van der Waals surface area contributed by atoms with Crippen LogP contribution in [0.15, 0.2) is 16.5 Å². The van der Waals surface area contributed by atoms with Gasteiger partial charge in [-0.3, -0.25) is 0 Å². The van der Waals surface area contributed by atoms with Gasteiger partial charge in [0.25, 0.3) is 0 Å². The second kappa shape index (κ2) is 3.43. The van der Waals surface area contributed by atoms with Crippen LogP contribution in [-0.2, 0) is 6.54 Å². The third-order valence-electron chi connectivity index (χ3n) is 3.34. The topological polar surface area (TPSA) is 25.2 Å². The van der Waals surface area contributed by atoms with E-state index in [1.165, 1.54) is 12.8 Å². The molecule has 1 aromatic rings. The maximum atomic E-state index is 5.51. The van der Waals surface area contributed by atoms with Crippen molar-refractivity contribution in [3.8, 4) is 0 Å². The third kappa shape index (κ3) is 1.85. The maximum Gasteiger partial charge on any atom is 0.117 e. The Morgan fingerprint density at radius 2 is 2.29 bits per heavy atom. The molecule has 78 valence electrons. The zero-order valence-corrected chi connectivity index (χ0v) is 9.26. The van der Waals surface area contributed by atoms with Gasteiger partial charge in [0.05, 0.1) is 6.54 Å². The molecule has 2 heteroatoms. The minimum atomic E-state index is 0.474. The van der Waals surface area contributed by atoms with Crippen LogP contribution < -0.4 is 5.32 Å². The third-order valence-corrected chi connectivity index (χ3v) is 3.34. The predicted molar refractivity (Wildman–Crippen MR) is 57.1 cm³/mol. The summed E-state index contributed by atoms with van der Waals surface area (Å²) in [5, 5.41) is 3.55. The molecule has 0 aliphatic heterocycles. The summed E-state index contributed by atoms with van der Waals surface area (Å²) in [6, 6.07) is 4.73. The zero-order chi connectivity index (χ0) is 10.2. The Hall–Kier alpha value is -0.760. The maximum absolute atomic E-state index is 5.51. The summed E-state index contributed by atoms with van der Waals surface area (Å²) in [6.45, 7) is 7.49. The van der Waals surface area contributed by atoms with Crippen LogP contribution in [0.3, 0.4) is 0 Å². The first-order chi connectivity index (χ1) is 6.58. The van der Waals surface area contributed by atoms with E-state index in [1.54, 1.807) is 0 Å². The lowest BCUT2D eigenvalue weighted by Gasteiger charge is -2.45. The Morgan fingerprint density at radius 1 is 1.50 bits per heavy atom. The van der Waals surface area contributed by atoms with Crippen LogP contribution in [0, 0.1) is 12.3 Å². The van der Waals surface area contributed by atoms with Crippen LogP contribution in [-0.4, -0.2) is 6.04 Å². The largest absolute Gasteiger partial charge is 0.465 e. The molecule has 1 unspecified atom stereocenters. The lowest BCUT2D eigenvalue weighted by atomic mass is 9.67. The van der Waals surface area contributed by atoms with E-state index >= 15 is 0 Å². The summed E-state index contributed by atoms with van der Waals surface area (Å²) in [6.07, 6.45) is 2.63. The van der Waals surface area contributed by atoms with E-state index in [9.17, 15) is 0 Å². The number of aryl methyl sites for hydroxylation is 1. The number of nitrogens with one attached hydrogen (secondary N) is 1. The van der Waals surface area contributed by atoms with Crippen molar-refractivity contribution in [1.82, 2.24) is 5.32 Å². The van der Waals surface area contributed by atoms with E-state index in [-0.39, 0.29) is 0 Å². The standard InChI is InChI=1S/C12H19NO/c1-9-4-5-10(14-9)8-13-11-6-7-12(11,2)3/h4-5,11,13H,6-8H2,1-3H3. The molecule has 14 heavy (non-hydrogen) atoms. The van der Waals surface area contributed by atoms with Gasteiger partial charge >= 0.3 is 0 Å². The van der Waals surface area contributed by atoms with Crippen LogP contribution in [0.25, 0.3) is 0 Å². The lowest BCUT2D eigenvalue weighted by Crippen LogP contribution is -2.49. The molecule has 1 N–H and O–H groups in total. The average Bonchev–Trinajstić information content (AvgIpc) is 2.50. The van der Waals surface area contributed by atoms with E-state index < -0.39 is 0 Å². The van der Waals surface area contributed by atoms with Gasteiger partial charge in [0.1, 0.15) is 11.5 Å². The van der Waals surface area contributed by atoms with Crippen molar-refractivity contribution < 1.29 is 4.42 Å². The molecule has 0 aromatic carbocycles. The first kappa shape index (κ1) is 9.78. The highest BCUT2D eigenvalue weighted by molar-refractivity contribution is 5.06. The number of hydrogen-bond acceptors (Lipinski definition) is 2. The van der Waals surface area contributed by atoms with Crippen molar-refractivity contribution in [3.05, 3.63) is 23.7 Å². The Balaban J connectivity index is 1.83. The summed E-state index contributed by atoms with van der Waals surface area (Å²) in [7, 11) is 0. The molecule has 1 saturated carbocycles. The Morgan fingerprint density at radius 3 is 2.71 bits per heavy atom. The molecule has 1 aliphatic rings. The van der Waals surface area contributed by atoms with Gasteiger partial charge in [-0.25, -0.2) is 0 Å². The molecule has 1 heterocycles. The summed E-state index contributed by atoms with van der Waals surface area (Å²) in [4.78, 5) is 0. The average molecular weight is 193 g/mol. The summed E-state index contributed by atoms with van der Waals surface area (Å²) in [5.74, 6) is 2.04. The van der Waals surface area contributed by atoms with Gasteiger partial charge in [0, 0.05) is 6.04 Å². The van der Waals surface area contributed by atoms with Crippen molar-refractivity contribution in [2.75, 3.05) is 0 Å². The Kier molecular flexibility index (Phi) is 2.40. The number of rotatable bonds is 3. The Bertz CT molecular complexity index is 314. The van der Waals surface area contributed by atoms with E-state index in [4.69, 9.17) is 4.42 Å². The summed E-state index contributed by atoms with van der Waals surface area (Å²) >= 11 is 0. The molecular formula is C12H19NO. The van der Waals surface area contributed by atoms with Crippen LogP contribution in [0.2, 0.25) is 0 Å². The second-order valence-corrected chi connectivity index (χ2v) is 4.97. The van der Waals surface area contributed by atoms with Crippen LogP contribution in [0.4, 0.5) is 0 Å². The van der Waals surface area contributed by atoms with Crippen molar-refractivity contribution in [2.24, 2.45) is 5.41 Å². The fourth-order valence-corrected chi connectivity index (χ4v) is 2.05. The first-order valence-electron chi connectivity index (χ1n) is 5.37. The smallest absolute Gasteiger partial charge is 0.117 e.